The van der Waals surface area contributed by atoms with Crippen molar-refractivity contribution in [1.29, 1.82) is 0 Å². The molecule has 33 heavy (non-hydrogen) atoms. The summed E-state index contributed by atoms with van der Waals surface area (Å²) in [5.74, 6) is -0.350. The molecule has 3 amide bonds. The van der Waals surface area contributed by atoms with E-state index in [-0.39, 0.29) is 34.8 Å². The van der Waals surface area contributed by atoms with Gasteiger partial charge >= 0.3 is 11.5 Å². The first-order valence-electron chi connectivity index (χ1n) is 10.1. The van der Waals surface area contributed by atoms with E-state index in [2.05, 4.69) is 9.97 Å². The van der Waals surface area contributed by atoms with Gasteiger partial charge < -0.3 is 4.90 Å². The molecular formula is C23H17F3N4O2S. The molecule has 168 valence electrons. The number of amides is 3. The zero-order chi connectivity index (χ0) is 23.2. The van der Waals surface area contributed by atoms with Gasteiger partial charge in [-0.05, 0) is 72.6 Å². The standard InChI is InChI=1S/C23H17F3N4O2S/c24-23(25,26)33-17-6-4-16(5-7-17)30-20(31)22(9-10-22)29(21(30)32)14-15-8-12-27-13-18(15)19-3-1-2-11-28-19/h1-8,11-13H,9-10,14H2. The first-order chi connectivity index (χ1) is 15.8. The van der Waals surface area contributed by atoms with E-state index in [4.69, 9.17) is 0 Å². The molecule has 3 heterocycles. The molecule has 5 rings (SSSR count). The van der Waals surface area contributed by atoms with Crippen LogP contribution in [0.4, 0.5) is 23.7 Å². The summed E-state index contributed by atoms with van der Waals surface area (Å²) in [4.78, 5) is 37.7. The summed E-state index contributed by atoms with van der Waals surface area (Å²) in [6.07, 6.45) is 6.05. The van der Waals surface area contributed by atoms with Crippen LogP contribution in [-0.4, -0.2) is 37.9 Å². The first kappa shape index (κ1) is 21.4. The highest BCUT2D eigenvalue weighted by molar-refractivity contribution is 8.00. The lowest BCUT2D eigenvalue weighted by atomic mass is 10.1. The average molecular weight is 470 g/mol. The zero-order valence-electron chi connectivity index (χ0n) is 17.1. The summed E-state index contributed by atoms with van der Waals surface area (Å²) < 4.78 is 37.9. The lowest BCUT2D eigenvalue weighted by molar-refractivity contribution is -0.120. The molecule has 0 unspecified atom stereocenters. The van der Waals surface area contributed by atoms with Gasteiger partial charge in [-0.25, -0.2) is 9.69 Å². The van der Waals surface area contributed by atoms with Gasteiger partial charge in [-0.2, -0.15) is 13.2 Å². The van der Waals surface area contributed by atoms with Gasteiger partial charge in [-0.3, -0.25) is 14.8 Å². The lowest BCUT2D eigenvalue weighted by Crippen LogP contribution is -2.36. The maximum atomic E-state index is 13.4. The van der Waals surface area contributed by atoms with Crippen molar-refractivity contribution in [3.8, 4) is 11.3 Å². The van der Waals surface area contributed by atoms with E-state index in [9.17, 15) is 22.8 Å². The molecule has 10 heteroatoms. The molecular weight excluding hydrogens is 453 g/mol. The van der Waals surface area contributed by atoms with Crippen LogP contribution in [0.2, 0.25) is 0 Å². The second kappa shape index (κ2) is 7.87. The normalized spacial score (nSPS) is 17.2. The van der Waals surface area contributed by atoms with Crippen molar-refractivity contribution in [2.45, 2.75) is 35.3 Å². The first-order valence-corrected chi connectivity index (χ1v) is 11.0. The minimum atomic E-state index is -4.41. The molecule has 0 atom stereocenters. The summed E-state index contributed by atoms with van der Waals surface area (Å²) in [5, 5.41) is 0. The maximum absolute atomic E-state index is 13.4. The van der Waals surface area contributed by atoms with E-state index < -0.39 is 17.1 Å². The van der Waals surface area contributed by atoms with Crippen LogP contribution >= 0.6 is 11.8 Å². The number of imide groups is 1. The van der Waals surface area contributed by atoms with Crippen molar-refractivity contribution in [2.75, 3.05) is 4.90 Å². The van der Waals surface area contributed by atoms with Crippen molar-refractivity contribution in [1.82, 2.24) is 14.9 Å². The molecule has 1 aliphatic carbocycles. The van der Waals surface area contributed by atoms with E-state index in [1.165, 1.54) is 24.3 Å². The van der Waals surface area contributed by atoms with Crippen LogP contribution in [0.1, 0.15) is 18.4 Å². The fourth-order valence-corrected chi connectivity index (χ4v) is 4.58. The molecule has 2 aromatic heterocycles. The van der Waals surface area contributed by atoms with E-state index in [0.29, 0.717) is 18.5 Å². The Morgan fingerprint density at radius 2 is 1.76 bits per heavy atom. The minimum Gasteiger partial charge on any atom is -0.305 e. The van der Waals surface area contributed by atoms with Crippen LogP contribution < -0.4 is 4.90 Å². The molecule has 0 radical (unpaired) electrons. The quantitative estimate of drug-likeness (QED) is 0.376. The molecule has 1 aliphatic heterocycles. The number of rotatable bonds is 5. The van der Waals surface area contributed by atoms with Crippen molar-refractivity contribution in [2.24, 2.45) is 0 Å². The monoisotopic (exact) mass is 470 g/mol. The second-order valence-corrected chi connectivity index (χ2v) is 8.97. The van der Waals surface area contributed by atoms with Gasteiger partial charge in [0, 0.05) is 35.6 Å². The molecule has 2 aliphatic rings. The number of pyridine rings is 2. The SMILES string of the molecule is O=C1N(c2ccc(SC(F)(F)F)cc2)C(=O)C2(CC2)N1Cc1ccncc1-c1ccccn1. The van der Waals surface area contributed by atoms with Crippen molar-refractivity contribution >= 4 is 29.4 Å². The maximum Gasteiger partial charge on any atom is 0.446 e. The summed E-state index contributed by atoms with van der Waals surface area (Å²) in [7, 11) is 0. The highest BCUT2D eigenvalue weighted by atomic mass is 32.2. The van der Waals surface area contributed by atoms with Crippen LogP contribution in [0, 0.1) is 0 Å². The number of anilines is 1. The van der Waals surface area contributed by atoms with Crippen LogP contribution in [0.25, 0.3) is 11.3 Å². The average Bonchev–Trinajstić information content (AvgIpc) is 3.57. The predicted octanol–water partition coefficient (Wildman–Crippen LogP) is 5.26. The zero-order valence-corrected chi connectivity index (χ0v) is 17.9. The Morgan fingerprint density at radius 3 is 2.39 bits per heavy atom. The Labute approximate surface area is 191 Å². The number of thioether (sulfide) groups is 1. The third-order valence-corrected chi connectivity index (χ3v) is 6.51. The van der Waals surface area contributed by atoms with Crippen LogP contribution in [0.5, 0.6) is 0 Å². The summed E-state index contributed by atoms with van der Waals surface area (Å²) in [5.41, 5.74) is -2.80. The number of urea groups is 1. The fourth-order valence-electron chi connectivity index (χ4n) is 4.04. The van der Waals surface area contributed by atoms with Crippen molar-refractivity contribution in [3.63, 3.8) is 0 Å². The summed E-state index contributed by atoms with van der Waals surface area (Å²) >= 11 is -0.243. The van der Waals surface area contributed by atoms with Gasteiger partial charge in [0.25, 0.3) is 5.91 Å². The van der Waals surface area contributed by atoms with Crippen LogP contribution in [-0.2, 0) is 11.3 Å². The Bertz CT molecular complexity index is 1210. The van der Waals surface area contributed by atoms with Crippen molar-refractivity contribution in [3.05, 3.63) is 72.7 Å². The number of aromatic nitrogens is 2. The van der Waals surface area contributed by atoms with E-state index in [1.54, 1.807) is 35.6 Å². The molecule has 1 saturated heterocycles. The fraction of sp³-hybridized carbons (Fsp3) is 0.217. The topological polar surface area (TPSA) is 66.4 Å². The molecule has 0 bridgehead atoms. The lowest BCUT2D eigenvalue weighted by Gasteiger charge is -2.22. The predicted molar refractivity (Wildman–Crippen MR) is 116 cm³/mol. The Morgan fingerprint density at radius 1 is 1.00 bits per heavy atom. The van der Waals surface area contributed by atoms with Crippen molar-refractivity contribution < 1.29 is 22.8 Å². The smallest absolute Gasteiger partial charge is 0.305 e. The van der Waals surface area contributed by atoms with Gasteiger partial charge in [-0.1, -0.05) is 6.07 Å². The Kier molecular flexibility index (Phi) is 5.12. The molecule has 1 saturated carbocycles. The molecule has 1 spiro atoms. The van der Waals surface area contributed by atoms with E-state index in [0.717, 1.165) is 16.0 Å². The number of halogens is 3. The van der Waals surface area contributed by atoms with Gasteiger partial charge in [0.2, 0.25) is 0 Å². The van der Waals surface area contributed by atoms with Gasteiger partial charge in [-0.15, -0.1) is 0 Å². The van der Waals surface area contributed by atoms with Gasteiger partial charge in [0.15, 0.2) is 0 Å². The van der Waals surface area contributed by atoms with Crippen LogP contribution in [0.15, 0.2) is 72.0 Å². The molecule has 2 fully saturated rings. The minimum absolute atomic E-state index is 0.0138. The third-order valence-electron chi connectivity index (χ3n) is 5.77. The van der Waals surface area contributed by atoms with Gasteiger partial charge in [0.1, 0.15) is 5.54 Å². The number of hydrogen-bond donors (Lipinski definition) is 0. The third kappa shape index (κ3) is 3.95. The second-order valence-electron chi connectivity index (χ2n) is 7.83. The number of benzene rings is 1. The Hall–Kier alpha value is -3.40. The van der Waals surface area contributed by atoms with Crippen LogP contribution in [0.3, 0.4) is 0 Å². The molecule has 1 aromatic carbocycles. The molecule has 6 nitrogen and oxygen atoms in total. The number of nitrogens with zero attached hydrogens (tertiary/aromatic N) is 4. The number of carbonyl (C=O) groups excluding carboxylic acids is 2. The number of alkyl halides is 3. The summed E-state index contributed by atoms with van der Waals surface area (Å²) in [6, 6.07) is 12.1. The van der Waals surface area contributed by atoms with E-state index >= 15 is 0 Å². The number of carbonyl (C=O) groups is 2. The highest BCUT2D eigenvalue weighted by Gasteiger charge is 2.65. The van der Waals surface area contributed by atoms with E-state index in [1.807, 2.05) is 12.1 Å². The largest absolute Gasteiger partial charge is 0.446 e. The summed E-state index contributed by atoms with van der Waals surface area (Å²) in [6.45, 7) is 0.192. The Balaban J connectivity index is 1.44. The molecule has 3 aromatic rings. The highest BCUT2D eigenvalue weighted by Crippen LogP contribution is 2.50. The molecule has 0 N–H and O–H groups in total. The van der Waals surface area contributed by atoms with Gasteiger partial charge in [0.05, 0.1) is 11.4 Å². The number of hydrogen-bond acceptors (Lipinski definition) is 5.